The van der Waals surface area contributed by atoms with Gasteiger partial charge in [0.05, 0.1) is 0 Å². The topological polar surface area (TPSA) is 26.0 Å². The minimum Gasteiger partial charge on any atom is -0.415 e. The predicted octanol–water partition coefficient (Wildman–Crippen LogP) is -2.42. The first-order chi connectivity index (χ1) is 2.73. The molecule has 0 aromatic heterocycles. The van der Waals surface area contributed by atoms with Gasteiger partial charge in [-0.1, -0.05) is 4.32 Å². The van der Waals surface area contributed by atoms with Crippen LogP contribution in [0.15, 0.2) is 13.2 Å². The number of rotatable bonds is 0. The monoisotopic (exact) mass is 143 g/mol. The molecule has 1 nitrogen and oxygen atoms in total. The zero-order valence-corrected chi connectivity index (χ0v) is 7.94. The zero-order valence-electron chi connectivity index (χ0n) is 4.31. The van der Waals surface area contributed by atoms with Crippen LogP contribution in [0.3, 0.4) is 0 Å². The number of thiocarbonyl (C=S) groups is 1. The summed E-state index contributed by atoms with van der Waals surface area (Å²) in [7, 11) is 0. The van der Waals surface area contributed by atoms with E-state index in [4.69, 9.17) is 0 Å². The third kappa shape index (κ3) is 223. The standard InChI is InChI=1S/C2H4.CH3NS2.Na/c1-2;2-1(3)4;/h1-2H2;(H3,2,3,4);/q;;+1/p-1. The quantitative estimate of drug-likeness (QED) is 0.177. The molecule has 0 saturated carbocycles. The van der Waals surface area contributed by atoms with Gasteiger partial charge in [0.1, 0.15) is 0 Å². The van der Waals surface area contributed by atoms with Crippen molar-refractivity contribution in [1.29, 1.82) is 0 Å². The van der Waals surface area contributed by atoms with Gasteiger partial charge in [-0.05, 0) is 0 Å². The number of nitrogens with two attached hydrogens (primary N) is 1. The van der Waals surface area contributed by atoms with Crippen LogP contribution in [0.25, 0.3) is 0 Å². The van der Waals surface area contributed by atoms with Gasteiger partial charge < -0.3 is 30.6 Å². The van der Waals surface area contributed by atoms with E-state index in [9.17, 15) is 0 Å². The Morgan fingerprint density at radius 2 is 1.57 bits per heavy atom. The molecule has 0 saturated heterocycles. The molecule has 0 unspecified atom stereocenters. The van der Waals surface area contributed by atoms with E-state index in [0.717, 1.165) is 0 Å². The average Bonchev–Trinajstić information content (AvgIpc) is 1.41. The van der Waals surface area contributed by atoms with Crippen molar-refractivity contribution < 1.29 is 29.6 Å². The van der Waals surface area contributed by atoms with Crippen molar-refractivity contribution in [3.8, 4) is 0 Å². The van der Waals surface area contributed by atoms with Gasteiger partial charge in [-0.3, -0.25) is 0 Å². The van der Waals surface area contributed by atoms with Crippen molar-refractivity contribution in [2.75, 3.05) is 0 Å². The molecule has 0 amide bonds. The summed E-state index contributed by atoms with van der Waals surface area (Å²) in [5.74, 6) is 0. The van der Waals surface area contributed by atoms with Crippen LogP contribution < -0.4 is 35.3 Å². The van der Waals surface area contributed by atoms with Crippen LogP contribution in [0.4, 0.5) is 0 Å². The fraction of sp³-hybridized carbons (Fsp3) is 0. The Labute approximate surface area is 77.1 Å². The molecule has 0 fully saturated rings. The minimum atomic E-state index is 0. The first kappa shape index (κ1) is 15.7. The first-order valence-electron chi connectivity index (χ1n) is 1.20. The molecular weight excluding hydrogens is 137 g/mol. The Morgan fingerprint density at radius 1 is 1.57 bits per heavy atom. The number of hydrogen-bond donors (Lipinski definition) is 1. The van der Waals surface area contributed by atoms with Crippen LogP contribution >= 0.6 is 12.2 Å². The number of hydrogen-bond acceptors (Lipinski definition) is 2. The summed E-state index contributed by atoms with van der Waals surface area (Å²) in [6, 6.07) is 0. The fourth-order valence-electron chi connectivity index (χ4n) is 0. The van der Waals surface area contributed by atoms with Crippen molar-refractivity contribution in [3.05, 3.63) is 13.2 Å². The van der Waals surface area contributed by atoms with Gasteiger partial charge in [0.25, 0.3) is 0 Å². The van der Waals surface area contributed by atoms with E-state index in [1.807, 2.05) is 0 Å². The van der Waals surface area contributed by atoms with Gasteiger partial charge in [0.15, 0.2) is 0 Å². The smallest absolute Gasteiger partial charge is 0.415 e. The molecule has 7 heavy (non-hydrogen) atoms. The summed E-state index contributed by atoms with van der Waals surface area (Å²) < 4.78 is 0.0833. The van der Waals surface area contributed by atoms with Crippen molar-refractivity contribution in [2.45, 2.75) is 0 Å². The summed E-state index contributed by atoms with van der Waals surface area (Å²) in [5.41, 5.74) is 4.66. The molecule has 0 aromatic carbocycles. The summed E-state index contributed by atoms with van der Waals surface area (Å²) in [6.45, 7) is 6.00. The van der Waals surface area contributed by atoms with Gasteiger partial charge >= 0.3 is 29.6 Å². The first-order valence-corrected chi connectivity index (χ1v) is 2.01. The summed E-state index contributed by atoms with van der Waals surface area (Å²) in [4.78, 5) is 0. The van der Waals surface area contributed by atoms with E-state index in [-0.39, 0.29) is 33.9 Å². The zero-order chi connectivity index (χ0) is 5.58. The summed E-state index contributed by atoms with van der Waals surface area (Å²) in [6.07, 6.45) is 0. The Hall–Kier alpha value is 0.850. The van der Waals surface area contributed by atoms with Crippen molar-refractivity contribution in [3.63, 3.8) is 0 Å². The normalized spacial score (nSPS) is 4.00. The van der Waals surface area contributed by atoms with Crippen molar-refractivity contribution >= 4 is 29.2 Å². The van der Waals surface area contributed by atoms with E-state index in [1.54, 1.807) is 0 Å². The Kier molecular flexibility index (Phi) is 35.4. The van der Waals surface area contributed by atoms with Crippen LogP contribution in [-0.4, -0.2) is 4.32 Å². The minimum absolute atomic E-state index is 0. The molecule has 0 aliphatic heterocycles. The van der Waals surface area contributed by atoms with Crippen LogP contribution in [0.2, 0.25) is 0 Å². The van der Waals surface area contributed by atoms with Crippen LogP contribution in [-0.2, 0) is 12.6 Å². The Balaban J connectivity index is -0.0000000480. The molecule has 4 heteroatoms. The van der Waals surface area contributed by atoms with Crippen molar-refractivity contribution in [1.82, 2.24) is 0 Å². The van der Waals surface area contributed by atoms with Gasteiger partial charge in [0, 0.05) is 0 Å². The fourth-order valence-corrected chi connectivity index (χ4v) is 0. The summed E-state index contributed by atoms with van der Waals surface area (Å²) >= 11 is 8.26. The third-order valence-corrected chi connectivity index (χ3v) is 0. The van der Waals surface area contributed by atoms with E-state index in [1.165, 1.54) is 0 Å². The van der Waals surface area contributed by atoms with E-state index in [2.05, 4.69) is 43.7 Å². The van der Waals surface area contributed by atoms with E-state index in [0.29, 0.717) is 0 Å². The Bertz CT molecular complexity index is 44.2. The molecule has 0 radical (unpaired) electrons. The second kappa shape index (κ2) is 15.8. The predicted molar refractivity (Wildman–Crippen MR) is 35.4 cm³/mol. The van der Waals surface area contributed by atoms with Crippen molar-refractivity contribution in [2.24, 2.45) is 5.73 Å². The molecule has 0 aliphatic rings. The van der Waals surface area contributed by atoms with Gasteiger partial charge in [-0.15, -0.1) is 13.2 Å². The van der Waals surface area contributed by atoms with Gasteiger partial charge in [-0.25, -0.2) is 0 Å². The van der Waals surface area contributed by atoms with Crippen LogP contribution in [0.1, 0.15) is 0 Å². The molecule has 0 aliphatic carbocycles. The Morgan fingerprint density at radius 3 is 1.57 bits per heavy atom. The molecule has 0 rings (SSSR count). The summed E-state index contributed by atoms with van der Waals surface area (Å²) in [5, 5.41) is 0. The van der Waals surface area contributed by atoms with Crippen LogP contribution in [0, 0.1) is 0 Å². The third-order valence-electron chi connectivity index (χ3n) is 0. The molecule has 0 atom stereocenters. The van der Waals surface area contributed by atoms with E-state index >= 15 is 0 Å². The molecule has 0 spiro atoms. The van der Waals surface area contributed by atoms with Gasteiger partial charge in [-0.2, -0.15) is 0 Å². The molecule has 0 bridgehead atoms. The largest absolute Gasteiger partial charge is 1.00 e. The second-order valence-corrected chi connectivity index (χ2v) is 1.46. The molecule has 2 N–H and O–H groups in total. The second-order valence-electron chi connectivity index (χ2n) is 0.319. The van der Waals surface area contributed by atoms with E-state index < -0.39 is 0 Å². The molecule has 0 heterocycles. The molecule has 36 valence electrons. The van der Waals surface area contributed by atoms with Crippen LogP contribution in [0.5, 0.6) is 0 Å². The maximum Gasteiger partial charge on any atom is 1.00 e. The van der Waals surface area contributed by atoms with Gasteiger partial charge in [0.2, 0.25) is 0 Å². The molecule has 0 aromatic rings. The average molecular weight is 143 g/mol. The maximum absolute atomic E-state index is 4.66. The SMILES string of the molecule is C=C.NC(=S)[S-].[Na+]. The molecular formula is C3H6NNaS2. The maximum atomic E-state index is 4.66.